The lowest BCUT2D eigenvalue weighted by atomic mass is 10.0. The van der Waals surface area contributed by atoms with Crippen LogP contribution in [0, 0.1) is 0 Å². The monoisotopic (exact) mass is 606 g/mol. The maximum absolute atomic E-state index is 13.4. The van der Waals surface area contributed by atoms with Crippen LogP contribution in [0.1, 0.15) is 124 Å². The van der Waals surface area contributed by atoms with E-state index in [9.17, 15) is 14.4 Å². The summed E-state index contributed by atoms with van der Waals surface area (Å²) < 4.78 is 16.7. The van der Waals surface area contributed by atoms with E-state index in [0.717, 1.165) is 16.7 Å². The van der Waals surface area contributed by atoms with E-state index in [1.54, 1.807) is 0 Å². The molecule has 0 N–H and O–H groups in total. The van der Waals surface area contributed by atoms with Gasteiger partial charge in [0.05, 0.1) is 16.7 Å². The number of esters is 3. The molecular weight excluding hydrogens is 564 g/mol. The molecular formula is C39H42O6. The summed E-state index contributed by atoms with van der Waals surface area (Å²) in [6.07, 6.45) is 0. The number of ether oxygens (including phenoxy) is 3. The highest BCUT2D eigenvalue weighted by Gasteiger charge is 2.23. The van der Waals surface area contributed by atoms with Crippen molar-refractivity contribution in [2.75, 3.05) is 0 Å². The summed E-state index contributed by atoms with van der Waals surface area (Å²) in [5, 5.41) is 0. The Morgan fingerprint density at radius 2 is 0.778 bits per heavy atom. The fourth-order valence-electron chi connectivity index (χ4n) is 4.70. The second-order valence-electron chi connectivity index (χ2n) is 12.2. The molecule has 4 aromatic carbocycles. The molecule has 234 valence electrons. The van der Waals surface area contributed by atoms with Gasteiger partial charge in [-0.2, -0.15) is 0 Å². The Kier molecular flexibility index (Phi) is 11.3. The number of hydrogen-bond acceptors (Lipinski definition) is 6. The standard InChI is InChI=1S/C39H42O6/c1-25(2)31-13-7-28(8-14-31)22-43-37(40)34-19-20-35(38(41)44-23-29-9-15-32(16-10-29)26(3)4)36(21-34)39(42)45-24-30-11-17-33(18-12-30)27(5)6/h7-21,25-27H,22-24H2,1-6H3. The number of hydrogen-bond donors (Lipinski definition) is 0. The summed E-state index contributed by atoms with van der Waals surface area (Å²) >= 11 is 0. The molecule has 0 aromatic heterocycles. The van der Waals surface area contributed by atoms with Gasteiger partial charge in [0.15, 0.2) is 0 Å². The molecule has 0 saturated carbocycles. The lowest BCUT2D eigenvalue weighted by Crippen LogP contribution is -2.16. The van der Waals surface area contributed by atoms with Crippen LogP contribution in [-0.4, -0.2) is 17.9 Å². The van der Waals surface area contributed by atoms with Gasteiger partial charge < -0.3 is 14.2 Å². The SMILES string of the molecule is CC(C)c1ccc(COC(=O)c2ccc(C(=O)OCc3ccc(C(C)C)cc3)c(C(=O)OCc3ccc(C(C)C)cc3)c2)cc1. The normalized spacial score (nSPS) is 11.1. The van der Waals surface area contributed by atoms with Crippen molar-refractivity contribution in [3.63, 3.8) is 0 Å². The Balaban J connectivity index is 1.51. The fourth-order valence-corrected chi connectivity index (χ4v) is 4.70. The van der Waals surface area contributed by atoms with E-state index in [1.807, 2.05) is 72.8 Å². The predicted octanol–water partition coefficient (Wildman–Crippen LogP) is 9.13. The van der Waals surface area contributed by atoms with Crippen LogP contribution in [0.3, 0.4) is 0 Å². The third kappa shape index (κ3) is 9.15. The van der Waals surface area contributed by atoms with Gasteiger partial charge in [-0.1, -0.05) is 114 Å². The Bertz CT molecular complexity index is 1600. The minimum absolute atomic E-state index is 0.00887. The van der Waals surface area contributed by atoms with Gasteiger partial charge in [-0.15, -0.1) is 0 Å². The average molecular weight is 607 g/mol. The van der Waals surface area contributed by atoms with E-state index in [0.29, 0.717) is 17.8 Å². The molecule has 0 radical (unpaired) electrons. The van der Waals surface area contributed by atoms with Gasteiger partial charge in [-0.3, -0.25) is 0 Å². The minimum Gasteiger partial charge on any atom is -0.457 e. The smallest absolute Gasteiger partial charge is 0.339 e. The van der Waals surface area contributed by atoms with Gasteiger partial charge >= 0.3 is 17.9 Å². The molecule has 6 nitrogen and oxygen atoms in total. The topological polar surface area (TPSA) is 78.9 Å². The summed E-state index contributed by atoms with van der Waals surface area (Å²) in [6, 6.07) is 27.7. The quantitative estimate of drug-likeness (QED) is 0.118. The number of carbonyl (C=O) groups excluding carboxylic acids is 3. The summed E-state index contributed by atoms with van der Waals surface area (Å²) in [7, 11) is 0. The van der Waals surface area contributed by atoms with E-state index >= 15 is 0 Å². The van der Waals surface area contributed by atoms with Crippen molar-refractivity contribution in [3.8, 4) is 0 Å². The summed E-state index contributed by atoms with van der Waals surface area (Å²) in [5.74, 6) is -0.887. The average Bonchev–Trinajstić information content (AvgIpc) is 3.05. The molecule has 0 saturated heterocycles. The zero-order chi connectivity index (χ0) is 32.5. The van der Waals surface area contributed by atoms with E-state index in [4.69, 9.17) is 14.2 Å². The molecule has 0 aliphatic heterocycles. The Morgan fingerprint density at radius 3 is 1.13 bits per heavy atom. The zero-order valence-corrected chi connectivity index (χ0v) is 27.0. The van der Waals surface area contributed by atoms with Gasteiger partial charge in [0.25, 0.3) is 0 Å². The highest BCUT2D eigenvalue weighted by molar-refractivity contribution is 6.05. The molecule has 0 atom stereocenters. The van der Waals surface area contributed by atoms with E-state index < -0.39 is 17.9 Å². The second-order valence-corrected chi connectivity index (χ2v) is 12.2. The van der Waals surface area contributed by atoms with Crippen molar-refractivity contribution >= 4 is 17.9 Å². The second kappa shape index (κ2) is 15.3. The summed E-state index contributed by atoms with van der Waals surface area (Å²) in [6.45, 7) is 12.8. The molecule has 0 heterocycles. The highest BCUT2D eigenvalue weighted by atomic mass is 16.5. The maximum Gasteiger partial charge on any atom is 0.339 e. The first kappa shape index (κ1) is 33.2. The van der Waals surface area contributed by atoms with Crippen LogP contribution in [0.2, 0.25) is 0 Å². The predicted molar refractivity (Wildman–Crippen MR) is 175 cm³/mol. The minimum atomic E-state index is -0.741. The highest BCUT2D eigenvalue weighted by Crippen LogP contribution is 2.21. The molecule has 0 aliphatic rings. The van der Waals surface area contributed by atoms with Crippen LogP contribution in [0.4, 0.5) is 0 Å². The molecule has 0 fully saturated rings. The molecule has 0 aliphatic carbocycles. The van der Waals surface area contributed by atoms with Crippen molar-refractivity contribution in [2.45, 2.75) is 79.1 Å². The van der Waals surface area contributed by atoms with Crippen molar-refractivity contribution in [1.29, 1.82) is 0 Å². The van der Waals surface area contributed by atoms with Gasteiger partial charge in [-0.25, -0.2) is 14.4 Å². The van der Waals surface area contributed by atoms with Crippen LogP contribution >= 0.6 is 0 Å². The fraction of sp³-hybridized carbons (Fsp3) is 0.308. The van der Waals surface area contributed by atoms with Crippen molar-refractivity contribution in [3.05, 3.63) is 141 Å². The number of rotatable bonds is 12. The third-order valence-electron chi connectivity index (χ3n) is 7.74. The maximum atomic E-state index is 13.4. The Morgan fingerprint density at radius 1 is 0.444 bits per heavy atom. The first-order chi connectivity index (χ1) is 21.5. The first-order valence-corrected chi connectivity index (χ1v) is 15.4. The lowest BCUT2D eigenvalue weighted by Gasteiger charge is -2.13. The van der Waals surface area contributed by atoms with E-state index in [2.05, 4.69) is 41.5 Å². The molecule has 0 amide bonds. The van der Waals surface area contributed by atoms with Gasteiger partial charge in [0, 0.05) is 0 Å². The van der Waals surface area contributed by atoms with Crippen molar-refractivity contribution < 1.29 is 28.6 Å². The van der Waals surface area contributed by atoms with E-state index in [1.165, 1.54) is 34.9 Å². The van der Waals surface area contributed by atoms with Crippen LogP contribution in [-0.2, 0) is 34.0 Å². The molecule has 0 spiro atoms. The Hall–Kier alpha value is -4.71. The third-order valence-corrected chi connectivity index (χ3v) is 7.74. The zero-order valence-electron chi connectivity index (χ0n) is 27.0. The van der Waals surface area contributed by atoms with Crippen LogP contribution in [0.25, 0.3) is 0 Å². The first-order valence-electron chi connectivity index (χ1n) is 15.4. The molecule has 45 heavy (non-hydrogen) atoms. The number of carbonyl (C=O) groups is 3. The molecule has 4 aromatic rings. The van der Waals surface area contributed by atoms with Crippen LogP contribution < -0.4 is 0 Å². The molecule has 6 heteroatoms. The molecule has 0 unspecified atom stereocenters. The largest absolute Gasteiger partial charge is 0.457 e. The van der Waals surface area contributed by atoms with E-state index in [-0.39, 0.29) is 36.5 Å². The summed E-state index contributed by atoms with van der Waals surface area (Å²) in [5.41, 5.74) is 6.10. The lowest BCUT2D eigenvalue weighted by molar-refractivity contribution is 0.0422. The van der Waals surface area contributed by atoms with Gasteiger partial charge in [-0.05, 0) is 69.3 Å². The van der Waals surface area contributed by atoms with Gasteiger partial charge in [0.1, 0.15) is 19.8 Å². The van der Waals surface area contributed by atoms with Crippen molar-refractivity contribution in [2.24, 2.45) is 0 Å². The van der Waals surface area contributed by atoms with Crippen LogP contribution in [0.15, 0.2) is 91.0 Å². The van der Waals surface area contributed by atoms with Gasteiger partial charge in [0.2, 0.25) is 0 Å². The van der Waals surface area contributed by atoms with Crippen molar-refractivity contribution in [1.82, 2.24) is 0 Å². The summed E-state index contributed by atoms with van der Waals surface area (Å²) in [4.78, 5) is 39.6. The number of benzene rings is 4. The Labute approximate surface area is 266 Å². The molecule has 0 bridgehead atoms. The molecule has 4 rings (SSSR count). The van der Waals surface area contributed by atoms with Crippen LogP contribution in [0.5, 0.6) is 0 Å².